The Morgan fingerprint density at radius 1 is 1.35 bits per heavy atom. The van der Waals surface area contributed by atoms with Crippen molar-refractivity contribution in [1.82, 2.24) is 5.32 Å². The summed E-state index contributed by atoms with van der Waals surface area (Å²) >= 11 is 3.40. The van der Waals surface area contributed by atoms with Crippen molar-refractivity contribution in [2.45, 2.75) is 4.83 Å². The normalized spacial score (nSPS) is 12.3. The average molecular weight is 338 g/mol. The maximum absolute atomic E-state index is 12.1. The molecule has 0 fully saturated rings. The van der Waals surface area contributed by atoms with Crippen molar-refractivity contribution >= 4 is 32.6 Å². The lowest BCUT2D eigenvalue weighted by Crippen LogP contribution is -2.31. The van der Waals surface area contributed by atoms with Crippen molar-refractivity contribution in [3.63, 3.8) is 0 Å². The lowest BCUT2D eigenvalue weighted by molar-refractivity contribution is 0.0947. The fourth-order valence-electron chi connectivity index (χ4n) is 1.98. The first-order chi connectivity index (χ1) is 9.63. The Balaban J connectivity index is 2.16. The third-order valence-corrected chi connectivity index (χ3v) is 3.56. The number of alkyl halides is 1. The van der Waals surface area contributed by atoms with Gasteiger partial charge in [-0.1, -0.05) is 46.3 Å². The molecule has 0 saturated heterocycles. The van der Waals surface area contributed by atoms with Crippen molar-refractivity contribution in [1.29, 1.82) is 0 Å². The summed E-state index contributed by atoms with van der Waals surface area (Å²) in [6, 6.07) is 10.9. The average Bonchev–Trinajstić information content (AvgIpc) is 2.46. The molecular formula is C15H16BrNO3. The zero-order valence-electron chi connectivity index (χ0n) is 11.1. The first kappa shape index (κ1) is 14.8. The molecule has 2 N–H and O–H groups in total. The minimum atomic E-state index is -0.297. The maximum Gasteiger partial charge on any atom is 0.255 e. The highest BCUT2D eigenvalue weighted by Crippen LogP contribution is 2.28. The molecule has 0 spiro atoms. The van der Waals surface area contributed by atoms with Gasteiger partial charge in [0.15, 0.2) is 0 Å². The molecule has 1 amide bonds. The molecule has 0 aromatic heterocycles. The molecule has 2 aromatic rings. The molecule has 2 rings (SSSR count). The number of amides is 1. The van der Waals surface area contributed by atoms with E-state index in [0.29, 0.717) is 18.5 Å². The van der Waals surface area contributed by atoms with E-state index in [0.717, 1.165) is 5.39 Å². The monoisotopic (exact) mass is 337 g/mol. The van der Waals surface area contributed by atoms with Crippen molar-refractivity contribution < 1.29 is 14.6 Å². The molecule has 0 saturated carbocycles. The number of carbonyl (C=O) groups is 1. The molecule has 1 atom stereocenters. The number of methoxy groups -OCH3 is 1. The number of halogens is 1. The Labute approximate surface area is 125 Å². The number of benzene rings is 2. The molecule has 0 aliphatic rings. The number of fused-ring (bicyclic) bond motifs is 1. The predicted molar refractivity (Wildman–Crippen MR) is 82.5 cm³/mol. The molecule has 0 bridgehead atoms. The summed E-state index contributed by atoms with van der Waals surface area (Å²) in [6.07, 6.45) is 0. The smallest absolute Gasteiger partial charge is 0.255 e. The van der Waals surface area contributed by atoms with Crippen molar-refractivity contribution in [3.05, 3.63) is 42.0 Å². The van der Waals surface area contributed by atoms with Crippen LogP contribution in [0.4, 0.5) is 0 Å². The molecule has 106 valence electrons. The van der Waals surface area contributed by atoms with Crippen LogP contribution in [0, 0.1) is 0 Å². The minimum Gasteiger partial charge on any atom is -0.506 e. The number of phenols is 1. The Morgan fingerprint density at radius 2 is 2.10 bits per heavy atom. The highest BCUT2D eigenvalue weighted by Gasteiger charge is 2.14. The van der Waals surface area contributed by atoms with Gasteiger partial charge in [0.05, 0.1) is 17.0 Å². The van der Waals surface area contributed by atoms with E-state index < -0.39 is 0 Å². The number of hydrogen-bond acceptors (Lipinski definition) is 3. The lowest BCUT2D eigenvalue weighted by Gasteiger charge is -2.12. The van der Waals surface area contributed by atoms with E-state index in [4.69, 9.17) is 4.74 Å². The van der Waals surface area contributed by atoms with Crippen LogP contribution in [0.2, 0.25) is 0 Å². The van der Waals surface area contributed by atoms with E-state index in [2.05, 4.69) is 21.2 Å². The molecule has 20 heavy (non-hydrogen) atoms. The Morgan fingerprint density at radius 3 is 2.85 bits per heavy atom. The third kappa shape index (κ3) is 3.29. The summed E-state index contributed by atoms with van der Waals surface area (Å²) in [6.45, 7) is 0.933. The van der Waals surface area contributed by atoms with Crippen LogP contribution < -0.4 is 5.32 Å². The van der Waals surface area contributed by atoms with Gasteiger partial charge in [-0.3, -0.25) is 4.79 Å². The van der Waals surface area contributed by atoms with Crippen LogP contribution >= 0.6 is 15.9 Å². The second kappa shape index (κ2) is 6.72. The van der Waals surface area contributed by atoms with Crippen LogP contribution in [-0.2, 0) is 4.74 Å². The van der Waals surface area contributed by atoms with E-state index in [9.17, 15) is 9.90 Å². The van der Waals surface area contributed by atoms with Gasteiger partial charge in [0.2, 0.25) is 0 Å². The number of hydrogen-bond donors (Lipinski definition) is 2. The molecule has 0 heterocycles. The van der Waals surface area contributed by atoms with E-state index in [1.165, 1.54) is 0 Å². The summed E-state index contributed by atoms with van der Waals surface area (Å²) in [5.41, 5.74) is 0.279. The van der Waals surface area contributed by atoms with Gasteiger partial charge in [-0.2, -0.15) is 0 Å². The number of aromatic hydroxyl groups is 1. The lowest BCUT2D eigenvalue weighted by atomic mass is 10.0. The zero-order valence-corrected chi connectivity index (χ0v) is 12.7. The van der Waals surface area contributed by atoms with Crippen molar-refractivity contribution in [2.24, 2.45) is 0 Å². The molecule has 5 heteroatoms. The Kier molecular flexibility index (Phi) is 4.98. The molecule has 2 aromatic carbocycles. The SMILES string of the molecule is COCC(Br)CNC(=O)c1ccc2ccccc2c1O. The number of ether oxygens (including phenoxy) is 1. The summed E-state index contributed by atoms with van der Waals surface area (Å²) in [7, 11) is 1.60. The largest absolute Gasteiger partial charge is 0.506 e. The second-order valence-corrected chi connectivity index (χ2v) is 5.74. The molecule has 0 aliphatic heterocycles. The highest BCUT2D eigenvalue weighted by molar-refractivity contribution is 9.09. The van der Waals surface area contributed by atoms with Gasteiger partial charge in [-0.15, -0.1) is 0 Å². The first-order valence-electron chi connectivity index (χ1n) is 6.25. The molecule has 1 unspecified atom stereocenters. The number of phenolic OH excluding ortho intramolecular Hbond substituents is 1. The number of nitrogens with one attached hydrogen (secondary N) is 1. The molecule has 0 radical (unpaired) electrons. The predicted octanol–water partition coefficient (Wildman–Crippen LogP) is 2.69. The van der Waals surface area contributed by atoms with Crippen LogP contribution in [0.25, 0.3) is 10.8 Å². The fraction of sp³-hybridized carbons (Fsp3) is 0.267. The fourth-order valence-corrected chi connectivity index (χ4v) is 2.40. The maximum atomic E-state index is 12.1. The van der Waals surface area contributed by atoms with Crippen molar-refractivity contribution in [3.8, 4) is 5.75 Å². The van der Waals surface area contributed by atoms with E-state index >= 15 is 0 Å². The van der Waals surface area contributed by atoms with Gasteiger partial charge in [-0.05, 0) is 11.5 Å². The highest BCUT2D eigenvalue weighted by atomic mass is 79.9. The van der Waals surface area contributed by atoms with Crippen LogP contribution in [0.1, 0.15) is 10.4 Å². The third-order valence-electron chi connectivity index (χ3n) is 2.98. The van der Waals surface area contributed by atoms with Crippen LogP contribution in [0.3, 0.4) is 0 Å². The number of rotatable bonds is 5. The topological polar surface area (TPSA) is 58.6 Å². The summed E-state index contributed by atoms with van der Waals surface area (Å²) in [4.78, 5) is 12.1. The Hall–Kier alpha value is -1.59. The van der Waals surface area contributed by atoms with Gasteiger partial charge in [0, 0.05) is 19.0 Å². The molecular weight excluding hydrogens is 322 g/mol. The van der Waals surface area contributed by atoms with E-state index in [1.807, 2.05) is 24.3 Å². The van der Waals surface area contributed by atoms with Crippen molar-refractivity contribution in [2.75, 3.05) is 20.3 Å². The quantitative estimate of drug-likeness (QED) is 0.824. The van der Waals surface area contributed by atoms with Gasteiger partial charge in [0.25, 0.3) is 5.91 Å². The van der Waals surface area contributed by atoms with Crippen LogP contribution in [-0.4, -0.2) is 36.1 Å². The summed E-state index contributed by atoms with van der Waals surface area (Å²) in [5.74, 6) is -0.285. The first-order valence-corrected chi connectivity index (χ1v) is 7.17. The Bertz CT molecular complexity index is 615. The van der Waals surface area contributed by atoms with Gasteiger partial charge < -0.3 is 15.2 Å². The standard InChI is InChI=1S/C15H16BrNO3/c1-20-9-11(16)8-17-15(19)13-7-6-10-4-2-3-5-12(10)14(13)18/h2-7,11,18H,8-9H2,1H3,(H,17,19). The van der Waals surface area contributed by atoms with Gasteiger partial charge in [-0.25, -0.2) is 0 Å². The van der Waals surface area contributed by atoms with E-state index in [-0.39, 0.29) is 22.0 Å². The van der Waals surface area contributed by atoms with E-state index in [1.54, 1.807) is 19.2 Å². The summed E-state index contributed by atoms with van der Waals surface area (Å²) < 4.78 is 4.98. The zero-order chi connectivity index (χ0) is 14.5. The van der Waals surface area contributed by atoms with Gasteiger partial charge in [0.1, 0.15) is 5.75 Å². The van der Waals surface area contributed by atoms with Crippen LogP contribution in [0.15, 0.2) is 36.4 Å². The number of carbonyl (C=O) groups excluding carboxylic acids is 1. The van der Waals surface area contributed by atoms with Crippen LogP contribution in [0.5, 0.6) is 5.75 Å². The molecule has 4 nitrogen and oxygen atoms in total. The molecule has 0 aliphatic carbocycles. The van der Waals surface area contributed by atoms with Gasteiger partial charge >= 0.3 is 0 Å². The second-order valence-electron chi connectivity index (χ2n) is 4.45. The minimum absolute atomic E-state index is 0.0125. The summed E-state index contributed by atoms with van der Waals surface area (Å²) in [5, 5.41) is 14.5.